The summed E-state index contributed by atoms with van der Waals surface area (Å²) in [7, 11) is -2.18. The number of thiazole rings is 1. The van der Waals surface area contributed by atoms with Gasteiger partial charge >= 0.3 is 0 Å². The number of carbonyl (C=O) groups excluding carboxylic acids is 2. The van der Waals surface area contributed by atoms with Gasteiger partial charge in [-0.3, -0.25) is 14.3 Å². The molecule has 0 saturated heterocycles. The second kappa shape index (κ2) is 8.10. The van der Waals surface area contributed by atoms with Gasteiger partial charge in [0, 0.05) is 36.6 Å². The van der Waals surface area contributed by atoms with Gasteiger partial charge in [0.05, 0.1) is 16.3 Å². The Morgan fingerprint density at radius 3 is 2.74 bits per heavy atom. The normalized spacial score (nSPS) is 15.1. The number of rotatable bonds is 4. The van der Waals surface area contributed by atoms with Crippen molar-refractivity contribution in [2.75, 3.05) is 34.7 Å². The standard InChI is InChI=1S/C23H22N4O5S2/c1-13-22(16-4-7-20-19(11-16)26(3)21(29)12-32-20)24-23(33-13)25-34(30,31)17-5-6-18-15(10-17)8-9-27(18)14(2)28/h4-7,10-11H,8-9,12H2,1-3H3,(H,24,25). The zero-order valence-electron chi connectivity index (χ0n) is 18.8. The molecule has 0 spiro atoms. The van der Waals surface area contributed by atoms with Crippen molar-refractivity contribution < 1.29 is 22.7 Å². The molecule has 3 aromatic rings. The summed E-state index contributed by atoms with van der Waals surface area (Å²) in [5.41, 5.74) is 3.59. The number of hydrogen-bond donors (Lipinski definition) is 1. The van der Waals surface area contributed by atoms with Gasteiger partial charge in [0.25, 0.3) is 15.9 Å². The van der Waals surface area contributed by atoms with Crippen LogP contribution in [0.1, 0.15) is 17.4 Å². The highest BCUT2D eigenvalue weighted by Gasteiger charge is 2.26. The number of carbonyl (C=O) groups is 2. The average molecular weight is 499 g/mol. The molecule has 176 valence electrons. The molecule has 9 nitrogen and oxygen atoms in total. The first-order chi connectivity index (χ1) is 16.1. The summed E-state index contributed by atoms with van der Waals surface area (Å²) in [6.07, 6.45) is 0.609. The van der Waals surface area contributed by atoms with E-state index in [2.05, 4.69) is 9.71 Å². The Morgan fingerprint density at radius 2 is 1.97 bits per heavy atom. The smallest absolute Gasteiger partial charge is 0.264 e. The first-order valence-electron chi connectivity index (χ1n) is 10.6. The molecule has 1 N–H and O–H groups in total. The van der Waals surface area contributed by atoms with Crippen molar-refractivity contribution in [3.05, 3.63) is 46.8 Å². The van der Waals surface area contributed by atoms with E-state index >= 15 is 0 Å². The predicted octanol–water partition coefficient (Wildman–Crippen LogP) is 3.18. The molecule has 2 amide bonds. The van der Waals surface area contributed by atoms with Crippen molar-refractivity contribution in [3.63, 3.8) is 0 Å². The maximum absolute atomic E-state index is 13.1. The fraction of sp³-hybridized carbons (Fsp3) is 0.261. The van der Waals surface area contributed by atoms with Crippen LogP contribution in [0.25, 0.3) is 11.3 Å². The zero-order valence-corrected chi connectivity index (χ0v) is 20.4. The number of sulfonamides is 1. The first-order valence-corrected chi connectivity index (χ1v) is 12.9. The number of nitrogens with one attached hydrogen (secondary N) is 1. The molecule has 0 saturated carbocycles. The lowest BCUT2D eigenvalue weighted by Crippen LogP contribution is -2.35. The SMILES string of the molecule is CC(=O)N1CCc2cc(S(=O)(=O)Nc3nc(-c4ccc5c(c4)N(C)C(=O)CO5)c(C)s3)ccc21. The molecule has 0 radical (unpaired) electrons. The van der Waals surface area contributed by atoms with Crippen LogP contribution in [0.5, 0.6) is 5.75 Å². The third kappa shape index (κ3) is 3.80. The van der Waals surface area contributed by atoms with E-state index in [0.29, 0.717) is 30.1 Å². The lowest BCUT2D eigenvalue weighted by molar-refractivity contribution is -0.121. The van der Waals surface area contributed by atoms with Crippen LogP contribution >= 0.6 is 11.3 Å². The van der Waals surface area contributed by atoms with Crippen molar-refractivity contribution >= 4 is 49.7 Å². The molecule has 0 fully saturated rings. The van der Waals surface area contributed by atoms with E-state index in [-0.39, 0.29) is 28.4 Å². The fourth-order valence-electron chi connectivity index (χ4n) is 4.17. The Balaban J connectivity index is 1.42. The molecule has 0 aliphatic carbocycles. The van der Waals surface area contributed by atoms with E-state index in [4.69, 9.17) is 4.74 Å². The van der Waals surface area contributed by atoms with Gasteiger partial charge in [-0.1, -0.05) is 0 Å². The molecule has 1 aromatic heterocycles. The van der Waals surface area contributed by atoms with E-state index < -0.39 is 10.0 Å². The van der Waals surface area contributed by atoms with Crippen molar-refractivity contribution in [1.82, 2.24) is 4.98 Å². The number of hydrogen-bond acceptors (Lipinski definition) is 7. The molecule has 0 atom stereocenters. The Hall–Kier alpha value is -3.44. The topological polar surface area (TPSA) is 109 Å². The van der Waals surface area contributed by atoms with E-state index in [1.807, 2.05) is 19.1 Å². The van der Waals surface area contributed by atoms with Crippen LogP contribution in [0.2, 0.25) is 0 Å². The second-order valence-electron chi connectivity index (χ2n) is 8.16. The Kier molecular flexibility index (Phi) is 5.33. The fourth-order valence-corrected chi connectivity index (χ4v) is 6.29. The van der Waals surface area contributed by atoms with Crippen LogP contribution in [0, 0.1) is 6.92 Å². The molecule has 0 unspecified atom stereocenters. The zero-order chi connectivity index (χ0) is 24.2. The van der Waals surface area contributed by atoms with Crippen molar-refractivity contribution in [1.29, 1.82) is 0 Å². The summed E-state index contributed by atoms with van der Waals surface area (Å²) < 4.78 is 34.2. The van der Waals surface area contributed by atoms with Gasteiger partial charge < -0.3 is 14.5 Å². The highest BCUT2D eigenvalue weighted by molar-refractivity contribution is 7.93. The number of likely N-dealkylation sites (N-methyl/N-ethyl adjacent to an activating group) is 1. The number of anilines is 3. The van der Waals surface area contributed by atoms with Gasteiger partial charge in [0.15, 0.2) is 11.7 Å². The summed E-state index contributed by atoms with van der Waals surface area (Å²) >= 11 is 1.23. The van der Waals surface area contributed by atoms with Crippen LogP contribution in [0.15, 0.2) is 41.3 Å². The van der Waals surface area contributed by atoms with Gasteiger partial charge in [-0.05, 0) is 55.3 Å². The second-order valence-corrected chi connectivity index (χ2v) is 11.1. The lowest BCUT2D eigenvalue weighted by Gasteiger charge is -2.26. The van der Waals surface area contributed by atoms with E-state index in [1.54, 1.807) is 30.1 Å². The molecule has 2 aliphatic rings. The summed E-state index contributed by atoms with van der Waals surface area (Å²) in [6.45, 7) is 3.90. The third-order valence-electron chi connectivity index (χ3n) is 5.97. The summed E-state index contributed by atoms with van der Waals surface area (Å²) in [5, 5.41) is 0.247. The van der Waals surface area contributed by atoms with Crippen molar-refractivity contribution in [3.8, 4) is 17.0 Å². The molecule has 0 bridgehead atoms. The van der Waals surface area contributed by atoms with Crippen molar-refractivity contribution in [2.45, 2.75) is 25.2 Å². The number of ether oxygens (including phenoxy) is 1. The van der Waals surface area contributed by atoms with Gasteiger partial charge in [-0.25, -0.2) is 13.4 Å². The maximum atomic E-state index is 13.1. The van der Waals surface area contributed by atoms with Gasteiger partial charge in [-0.15, -0.1) is 11.3 Å². The van der Waals surface area contributed by atoms with Crippen LogP contribution in [-0.2, 0) is 26.0 Å². The van der Waals surface area contributed by atoms with Crippen LogP contribution in [0.3, 0.4) is 0 Å². The third-order valence-corrected chi connectivity index (χ3v) is 8.33. The van der Waals surface area contributed by atoms with Gasteiger partial charge in [-0.2, -0.15) is 0 Å². The minimum Gasteiger partial charge on any atom is -0.482 e. The minimum absolute atomic E-state index is 0.0000198. The van der Waals surface area contributed by atoms with Crippen LogP contribution in [0.4, 0.5) is 16.5 Å². The summed E-state index contributed by atoms with van der Waals surface area (Å²) in [6, 6.07) is 10.2. The molecular weight excluding hydrogens is 476 g/mol. The number of aryl methyl sites for hydroxylation is 1. The Labute approximate surface area is 201 Å². The predicted molar refractivity (Wildman–Crippen MR) is 130 cm³/mol. The number of fused-ring (bicyclic) bond motifs is 2. The maximum Gasteiger partial charge on any atom is 0.264 e. The highest BCUT2D eigenvalue weighted by atomic mass is 32.2. The highest BCUT2D eigenvalue weighted by Crippen LogP contribution is 2.38. The van der Waals surface area contributed by atoms with E-state index in [9.17, 15) is 18.0 Å². The Morgan fingerprint density at radius 1 is 1.18 bits per heavy atom. The first kappa shape index (κ1) is 22.4. The molecule has 2 aromatic carbocycles. The van der Waals surface area contributed by atoms with Crippen molar-refractivity contribution in [2.24, 2.45) is 0 Å². The van der Waals surface area contributed by atoms with Gasteiger partial charge in [0.1, 0.15) is 5.75 Å². The average Bonchev–Trinajstić information content (AvgIpc) is 3.38. The van der Waals surface area contributed by atoms with Crippen LogP contribution in [-0.4, -0.2) is 45.4 Å². The van der Waals surface area contributed by atoms with E-state index in [1.165, 1.54) is 29.2 Å². The summed E-state index contributed by atoms with van der Waals surface area (Å²) in [4.78, 5) is 32.4. The quantitative estimate of drug-likeness (QED) is 0.592. The molecule has 5 rings (SSSR count). The molecule has 11 heteroatoms. The summed E-state index contributed by atoms with van der Waals surface area (Å²) in [5.74, 6) is 0.399. The number of aromatic nitrogens is 1. The number of nitrogens with zero attached hydrogens (tertiary/aromatic N) is 3. The Bertz CT molecular complexity index is 1450. The lowest BCUT2D eigenvalue weighted by atomic mass is 10.1. The minimum atomic E-state index is -3.87. The monoisotopic (exact) mass is 498 g/mol. The van der Waals surface area contributed by atoms with Crippen LogP contribution < -0.4 is 19.3 Å². The van der Waals surface area contributed by atoms with Gasteiger partial charge in [0.2, 0.25) is 5.91 Å². The largest absolute Gasteiger partial charge is 0.482 e. The molecule has 2 aliphatic heterocycles. The molecular formula is C23H22N4O5S2. The molecule has 34 heavy (non-hydrogen) atoms. The van der Waals surface area contributed by atoms with E-state index in [0.717, 1.165) is 21.7 Å². The number of benzene rings is 2. The molecule has 3 heterocycles. The number of amides is 2.